The van der Waals surface area contributed by atoms with Crippen LogP contribution < -0.4 is 0 Å². The average molecular weight is 310 g/mol. The molecule has 0 spiro atoms. The molecule has 2 aromatic rings. The molecule has 0 radical (unpaired) electrons. The summed E-state index contributed by atoms with van der Waals surface area (Å²) in [7, 11) is 1.76. The van der Waals surface area contributed by atoms with E-state index in [1.54, 1.807) is 35.9 Å². The summed E-state index contributed by atoms with van der Waals surface area (Å²) in [6, 6.07) is 8.53. The Bertz CT molecular complexity index is 672. The van der Waals surface area contributed by atoms with Gasteiger partial charge in [0.15, 0.2) is 0 Å². The van der Waals surface area contributed by atoms with E-state index in [0.717, 1.165) is 11.3 Å². The largest absolute Gasteiger partial charge is 0.344 e. The maximum atomic E-state index is 12.5. The van der Waals surface area contributed by atoms with E-state index >= 15 is 0 Å². The van der Waals surface area contributed by atoms with E-state index < -0.39 is 5.24 Å². The zero-order chi connectivity index (χ0) is 14.9. The fourth-order valence-corrected chi connectivity index (χ4v) is 2.47. The third-order valence-corrected chi connectivity index (χ3v) is 3.55. The Morgan fingerprint density at radius 2 is 1.80 bits per heavy atom. The fourth-order valence-electron chi connectivity index (χ4n) is 2.20. The number of benzene rings is 1. The number of aromatic nitrogens is 1. The van der Waals surface area contributed by atoms with Crippen molar-refractivity contribution in [2.75, 3.05) is 0 Å². The van der Waals surface area contributed by atoms with Gasteiger partial charge in [-0.05, 0) is 54.4 Å². The summed E-state index contributed by atoms with van der Waals surface area (Å²) in [4.78, 5) is 23.5. The summed E-state index contributed by atoms with van der Waals surface area (Å²) in [5.74, 6) is -0.102. The van der Waals surface area contributed by atoms with E-state index in [4.69, 9.17) is 23.2 Å². The number of hydrogen-bond acceptors (Lipinski definition) is 2. The highest BCUT2D eigenvalue weighted by atomic mass is 35.5. The Morgan fingerprint density at radius 3 is 2.35 bits per heavy atom. The number of ketones is 1. The van der Waals surface area contributed by atoms with Crippen molar-refractivity contribution in [2.24, 2.45) is 7.05 Å². The van der Waals surface area contributed by atoms with Gasteiger partial charge in [-0.2, -0.15) is 0 Å². The summed E-state index contributed by atoms with van der Waals surface area (Å²) in [5, 5.41) is 0.134. The van der Waals surface area contributed by atoms with Crippen molar-refractivity contribution in [1.29, 1.82) is 0 Å². The summed E-state index contributed by atoms with van der Waals surface area (Å²) < 4.78 is 1.71. The molecule has 0 unspecified atom stereocenters. The van der Waals surface area contributed by atoms with Crippen LogP contribution in [0.25, 0.3) is 0 Å². The molecule has 0 aliphatic rings. The normalized spacial score (nSPS) is 10.6. The van der Waals surface area contributed by atoms with Gasteiger partial charge in [-0.3, -0.25) is 9.59 Å². The molecule has 0 saturated carbocycles. The highest BCUT2D eigenvalue weighted by Gasteiger charge is 2.19. The van der Waals surface area contributed by atoms with Crippen molar-refractivity contribution >= 4 is 34.2 Å². The van der Waals surface area contributed by atoms with Crippen LogP contribution in [0.2, 0.25) is 5.02 Å². The first-order chi connectivity index (χ1) is 9.40. The molecule has 2 rings (SSSR count). The van der Waals surface area contributed by atoms with Crippen LogP contribution in [0.15, 0.2) is 30.3 Å². The maximum Gasteiger partial charge on any atom is 0.227 e. The van der Waals surface area contributed by atoms with Crippen LogP contribution in [-0.4, -0.2) is 15.6 Å². The molecule has 104 valence electrons. The number of rotatable bonds is 4. The average Bonchev–Trinajstić information content (AvgIpc) is 2.64. The van der Waals surface area contributed by atoms with Crippen molar-refractivity contribution in [3.63, 3.8) is 0 Å². The Balaban J connectivity index is 2.42. The van der Waals surface area contributed by atoms with E-state index in [-0.39, 0.29) is 12.2 Å². The van der Waals surface area contributed by atoms with Gasteiger partial charge in [-0.1, -0.05) is 11.6 Å². The van der Waals surface area contributed by atoms with Gasteiger partial charge in [0.1, 0.15) is 0 Å². The van der Waals surface area contributed by atoms with Crippen LogP contribution in [0, 0.1) is 6.92 Å². The number of carbonyl (C=O) groups is 2. The minimum absolute atomic E-state index is 0.102. The number of aryl methyl sites for hydroxylation is 1. The number of halogens is 2. The van der Waals surface area contributed by atoms with E-state index in [1.165, 1.54) is 0 Å². The quantitative estimate of drug-likeness (QED) is 0.640. The lowest BCUT2D eigenvalue weighted by atomic mass is 10.1. The molecular weight excluding hydrogens is 297 g/mol. The van der Waals surface area contributed by atoms with Gasteiger partial charge in [0, 0.05) is 23.3 Å². The van der Waals surface area contributed by atoms with Gasteiger partial charge in [0.25, 0.3) is 0 Å². The van der Waals surface area contributed by atoms with Crippen LogP contribution in [0.5, 0.6) is 0 Å². The van der Waals surface area contributed by atoms with E-state index in [9.17, 15) is 9.59 Å². The van der Waals surface area contributed by atoms with Crippen LogP contribution in [0.3, 0.4) is 0 Å². The Kier molecular flexibility index (Phi) is 4.31. The van der Waals surface area contributed by atoms with Gasteiger partial charge in [-0.25, -0.2) is 0 Å². The number of nitrogens with zero attached hydrogens (tertiary/aromatic N) is 1. The van der Waals surface area contributed by atoms with Gasteiger partial charge >= 0.3 is 0 Å². The second-order valence-corrected chi connectivity index (χ2v) is 5.45. The summed E-state index contributed by atoms with van der Waals surface area (Å²) >= 11 is 11.2. The van der Waals surface area contributed by atoms with Crippen molar-refractivity contribution in [3.8, 4) is 0 Å². The van der Waals surface area contributed by atoms with Crippen LogP contribution in [0.4, 0.5) is 0 Å². The first-order valence-corrected chi connectivity index (χ1v) is 6.79. The third kappa shape index (κ3) is 2.94. The lowest BCUT2D eigenvalue weighted by molar-refractivity contribution is -0.111. The smallest absolute Gasteiger partial charge is 0.227 e. The van der Waals surface area contributed by atoms with Gasteiger partial charge in [-0.15, -0.1) is 0 Å². The van der Waals surface area contributed by atoms with Crippen LogP contribution >= 0.6 is 23.2 Å². The van der Waals surface area contributed by atoms with Gasteiger partial charge in [0.05, 0.1) is 12.1 Å². The van der Waals surface area contributed by atoms with E-state index in [1.807, 2.05) is 13.0 Å². The number of carbonyl (C=O) groups excluding carboxylic acids is 2. The molecule has 5 heteroatoms. The lowest BCUT2D eigenvalue weighted by Crippen LogP contribution is -2.11. The molecule has 0 saturated heterocycles. The summed E-state index contributed by atoms with van der Waals surface area (Å²) in [5.41, 5.74) is 2.66. The summed E-state index contributed by atoms with van der Waals surface area (Å²) in [6.07, 6.45) is 0.104. The molecule has 1 aromatic heterocycles. The summed E-state index contributed by atoms with van der Waals surface area (Å²) in [6.45, 7) is 1.84. The van der Waals surface area contributed by atoms with Crippen molar-refractivity contribution in [2.45, 2.75) is 13.3 Å². The molecule has 1 heterocycles. The zero-order valence-electron chi connectivity index (χ0n) is 11.1. The monoisotopic (exact) mass is 309 g/mol. The maximum absolute atomic E-state index is 12.5. The van der Waals surface area contributed by atoms with Gasteiger partial charge < -0.3 is 4.57 Å². The molecule has 0 bridgehead atoms. The first kappa shape index (κ1) is 14.8. The van der Waals surface area contributed by atoms with Crippen LogP contribution in [-0.2, 0) is 18.3 Å². The van der Waals surface area contributed by atoms with Crippen molar-refractivity contribution < 1.29 is 9.59 Å². The highest BCUT2D eigenvalue weighted by Crippen LogP contribution is 2.20. The molecule has 3 nitrogen and oxygen atoms in total. The van der Waals surface area contributed by atoms with Crippen molar-refractivity contribution in [1.82, 2.24) is 4.57 Å². The van der Waals surface area contributed by atoms with Crippen LogP contribution in [0.1, 0.15) is 27.3 Å². The predicted molar refractivity (Wildman–Crippen MR) is 79.6 cm³/mol. The zero-order valence-corrected chi connectivity index (χ0v) is 12.6. The standard InChI is InChI=1S/C15H13Cl2NO2/c1-9-7-12(8-13(17)19)18(2)14(9)15(20)10-3-5-11(16)6-4-10/h3-7H,8H2,1-2H3. The van der Waals surface area contributed by atoms with Gasteiger partial charge in [0.2, 0.25) is 11.0 Å². The second-order valence-electron chi connectivity index (χ2n) is 4.59. The Labute approximate surface area is 127 Å². The second kappa shape index (κ2) is 5.81. The molecule has 0 N–H and O–H groups in total. The van der Waals surface area contributed by atoms with Crippen molar-refractivity contribution in [3.05, 3.63) is 57.9 Å². The molecule has 0 fully saturated rings. The molecule has 0 atom stereocenters. The molecule has 20 heavy (non-hydrogen) atoms. The number of hydrogen-bond donors (Lipinski definition) is 0. The molecular formula is C15H13Cl2NO2. The highest BCUT2D eigenvalue weighted by molar-refractivity contribution is 6.63. The minimum atomic E-state index is -0.448. The molecule has 0 amide bonds. The SMILES string of the molecule is Cc1cc(CC(=O)Cl)n(C)c1C(=O)c1ccc(Cl)cc1. The first-order valence-electron chi connectivity index (χ1n) is 6.04. The molecule has 0 aliphatic heterocycles. The molecule has 0 aliphatic carbocycles. The van der Waals surface area contributed by atoms with E-state index in [2.05, 4.69) is 0 Å². The topological polar surface area (TPSA) is 39.1 Å². The predicted octanol–water partition coefficient (Wildman–Crippen LogP) is 3.53. The lowest BCUT2D eigenvalue weighted by Gasteiger charge is -2.07. The fraction of sp³-hybridized carbons (Fsp3) is 0.200. The Morgan fingerprint density at radius 1 is 1.20 bits per heavy atom. The molecule has 1 aromatic carbocycles. The Hall–Kier alpha value is -1.58. The third-order valence-electron chi connectivity index (χ3n) is 3.16. The minimum Gasteiger partial charge on any atom is -0.344 e. The van der Waals surface area contributed by atoms with E-state index in [0.29, 0.717) is 16.3 Å².